The van der Waals surface area contributed by atoms with Crippen molar-refractivity contribution in [2.24, 2.45) is 0 Å². The molecule has 1 aromatic heterocycles. The third-order valence-electron chi connectivity index (χ3n) is 5.34. The molecule has 0 radical (unpaired) electrons. The van der Waals surface area contributed by atoms with Crippen molar-refractivity contribution in [2.75, 3.05) is 37.3 Å². The van der Waals surface area contributed by atoms with Gasteiger partial charge in [-0.3, -0.25) is 9.69 Å². The van der Waals surface area contributed by atoms with Crippen molar-refractivity contribution in [2.45, 2.75) is 32.6 Å². The van der Waals surface area contributed by atoms with Crippen LogP contribution in [0.15, 0.2) is 41.3 Å². The normalized spacial score (nSPS) is 11.0. The van der Waals surface area contributed by atoms with Crippen molar-refractivity contribution in [3.8, 4) is 0 Å². The van der Waals surface area contributed by atoms with Crippen molar-refractivity contribution in [3.63, 3.8) is 0 Å². The Bertz CT molecular complexity index is 962. The smallest absolute Gasteiger partial charge is 0.261 e. The van der Waals surface area contributed by atoms with Gasteiger partial charge in [0.15, 0.2) is 5.13 Å². The van der Waals surface area contributed by atoms with E-state index < -0.39 is 0 Å². The summed E-state index contributed by atoms with van der Waals surface area (Å²) in [6.07, 6.45) is 2.01. The van der Waals surface area contributed by atoms with Crippen LogP contribution in [0.3, 0.4) is 0 Å². The number of hydrogen-bond donors (Lipinski definition) is 0. The molecule has 1 amide bonds. The molecule has 2 aromatic carbocycles. The summed E-state index contributed by atoms with van der Waals surface area (Å²) < 4.78 is 1.13. The second-order valence-corrected chi connectivity index (χ2v) is 8.94. The van der Waals surface area contributed by atoms with E-state index in [1.165, 1.54) is 11.1 Å². The van der Waals surface area contributed by atoms with Crippen LogP contribution in [0.25, 0.3) is 10.2 Å². The molecule has 0 aliphatic rings. The number of rotatable bonds is 8. The fraction of sp³-hybridized carbons (Fsp3) is 0.391. The molecule has 0 saturated heterocycles. The van der Waals surface area contributed by atoms with Gasteiger partial charge in [0.1, 0.15) is 0 Å². The number of carbonyl (C=O) groups is 1. The standard InChI is InChI=1S/C23H29N3OS2.ClH/c1-6-25(7-2)12-13-26(22(27)18-10-8-9-11-20(18)28-5)23-24-19-14-16(3)17(4)15-21(19)29-23;/h8-11,14-15H,6-7,12-13H2,1-5H3;1H. The van der Waals surface area contributed by atoms with E-state index in [4.69, 9.17) is 4.98 Å². The molecule has 3 rings (SSSR count). The lowest BCUT2D eigenvalue weighted by Crippen LogP contribution is -2.39. The van der Waals surface area contributed by atoms with Gasteiger partial charge in [-0.2, -0.15) is 0 Å². The van der Waals surface area contributed by atoms with Gasteiger partial charge in [0, 0.05) is 18.0 Å². The number of amides is 1. The maximum absolute atomic E-state index is 13.6. The van der Waals surface area contributed by atoms with E-state index in [0.29, 0.717) is 6.54 Å². The van der Waals surface area contributed by atoms with Crippen molar-refractivity contribution >= 4 is 56.8 Å². The summed E-state index contributed by atoms with van der Waals surface area (Å²) in [6.45, 7) is 11.9. The summed E-state index contributed by atoms with van der Waals surface area (Å²) in [5.41, 5.74) is 4.18. The minimum Gasteiger partial charge on any atom is -0.302 e. The van der Waals surface area contributed by atoms with Gasteiger partial charge in [-0.15, -0.1) is 24.2 Å². The number of thioether (sulfide) groups is 1. The summed E-state index contributed by atoms with van der Waals surface area (Å²) in [4.78, 5) is 23.6. The number of halogens is 1. The van der Waals surface area contributed by atoms with Gasteiger partial charge in [0.2, 0.25) is 0 Å². The highest BCUT2D eigenvalue weighted by Crippen LogP contribution is 2.32. The summed E-state index contributed by atoms with van der Waals surface area (Å²) in [6, 6.07) is 12.1. The summed E-state index contributed by atoms with van der Waals surface area (Å²) in [5.74, 6) is 0.0228. The number of fused-ring (bicyclic) bond motifs is 1. The molecule has 4 nitrogen and oxygen atoms in total. The highest BCUT2D eigenvalue weighted by Gasteiger charge is 2.23. The Morgan fingerprint density at radius 2 is 1.73 bits per heavy atom. The first kappa shape index (κ1) is 24.7. The summed E-state index contributed by atoms with van der Waals surface area (Å²) >= 11 is 3.20. The Labute approximate surface area is 194 Å². The van der Waals surface area contributed by atoms with Gasteiger partial charge in [0.25, 0.3) is 5.91 Å². The number of anilines is 1. The first-order chi connectivity index (χ1) is 14.0. The van der Waals surface area contributed by atoms with E-state index in [1.807, 2.05) is 35.4 Å². The average molecular weight is 464 g/mol. The van der Waals surface area contributed by atoms with Crippen LogP contribution in [-0.4, -0.2) is 48.2 Å². The van der Waals surface area contributed by atoms with Crippen LogP contribution in [0.1, 0.15) is 35.3 Å². The number of aromatic nitrogens is 1. The van der Waals surface area contributed by atoms with E-state index in [9.17, 15) is 4.79 Å². The molecule has 3 aromatic rings. The molecule has 1 heterocycles. The van der Waals surface area contributed by atoms with Gasteiger partial charge in [-0.1, -0.05) is 37.3 Å². The second-order valence-electron chi connectivity index (χ2n) is 7.08. The predicted molar refractivity (Wildman–Crippen MR) is 134 cm³/mol. The van der Waals surface area contributed by atoms with E-state index in [-0.39, 0.29) is 18.3 Å². The van der Waals surface area contributed by atoms with E-state index in [2.05, 4.69) is 44.7 Å². The van der Waals surface area contributed by atoms with Crippen LogP contribution in [0.5, 0.6) is 0 Å². The molecule has 0 fully saturated rings. The van der Waals surface area contributed by atoms with Gasteiger partial charge in [-0.25, -0.2) is 4.98 Å². The molecular formula is C23H30ClN3OS2. The minimum atomic E-state index is 0. The van der Waals surface area contributed by atoms with Crippen molar-refractivity contribution in [1.29, 1.82) is 0 Å². The van der Waals surface area contributed by atoms with Crippen LogP contribution in [0.2, 0.25) is 0 Å². The third kappa shape index (κ3) is 5.35. The predicted octanol–water partition coefficient (Wildman–Crippen LogP) is 6.05. The number of aryl methyl sites for hydroxylation is 2. The van der Waals surface area contributed by atoms with Crippen LogP contribution < -0.4 is 4.90 Å². The first-order valence-corrected chi connectivity index (χ1v) is 12.1. The lowest BCUT2D eigenvalue weighted by molar-refractivity contribution is 0.0981. The van der Waals surface area contributed by atoms with E-state index in [1.54, 1.807) is 23.1 Å². The molecule has 0 atom stereocenters. The molecule has 0 bridgehead atoms. The first-order valence-electron chi connectivity index (χ1n) is 10.0. The molecule has 0 N–H and O–H groups in total. The fourth-order valence-electron chi connectivity index (χ4n) is 3.32. The quantitative estimate of drug-likeness (QED) is 0.381. The van der Waals surface area contributed by atoms with Crippen LogP contribution in [0, 0.1) is 13.8 Å². The Kier molecular flexibility index (Phi) is 9.16. The van der Waals surface area contributed by atoms with Crippen LogP contribution in [-0.2, 0) is 0 Å². The van der Waals surface area contributed by atoms with Crippen LogP contribution in [0.4, 0.5) is 5.13 Å². The number of thiazole rings is 1. The zero-order valence-corrected chi connectivity index (χ0v) is 20.7. The molecule has 0 spiro atoms. The number of hydrogen-bond acceptors (Lipinski definition) is 5. The van der Waals surface area contributed by atoms with E-state index in [0.717, 1.165) is 45.4 Å². The van der Waals surface area contributed by atoms with Crippen molar-refractivity contribution in [3.05, 3.63) is 53.1 Å². The third-order valence-corrected chi connectivity index (χ3v) is 7.18. The van der Waals surface area contributed by atoms with Crippen molar-refractivity contribution in [1.82, 2.24) is 9.88 Å². The zero-order valence-electron chi connectivity index (χ0n) is 18.3. The number of nitrogens with zero attached hydrogens (tertiary/aromatic N) is 3. The molecule has 0 unspecified atom stereocenters. The van der Waals surface area contributed by atoms with Gasteiger partial charge in [-0.05, 0) is 68.6 Å². The average Bonchev–Trinajstić information content (AvgIpc) is 3.13. The Balaban J connectivity index is 0.00000320. The zero-order chi connectivity index (χ0) is 21.0. The van der Waals surface area contributed by atoms with Gasteiger partial charge in [0.05, 0.1) is 15.8 Å². The van der Waals surface area contributed by atoms with Crippen LogP contribution >= 0.6 is 35.5 Å². The van der Waals surface area contributed by atoms with E-state index >= 15 is 0 Å². The highest BCUT2D eigenvalue weighted by atomic mass is 35.5. The Hall–Kier alpha value is -1.60. The second kappa shape index (κ2) is 11.1. The Morgan fingerprint density at radius 3 is 2.40 bits per heavy atom. The molecule has 0 aliphatic heterocycles. The maximum atomic E-state index is 13.6. The number of benzene rings is 2. The monoisotopic (exact) mass is 463 g/mol. The molecule has 162 valence electrons. The molecule has 7 heteroatoms. The molecular weight excluding hydrogens is 434 g/mol. The minimum absolute atomic E-state index is 0. The summed E-state index contributed by atoms with van der Waals surface area (Å²) in [5, 5.41) is 0.776. The number of carbonyl (C=O) groups excluding carboxylic acids is 1. The molecule has 0 aliphatic carbocycles. The lowest BCUT2D eigenvalue weighted by atomic mass is 10.1. The largest absolute Gasteiger partial charge is 0.302 e. The highest BCUT2D eigenvalue weighted by molar-refractivity contribution is 7.98. The summed E-state index contributed by atoms with van der Waals surface area (Å²) in [7, 11) is 0. The van der Waals surface area contributed by atoms with Crippen molar-refractivity contribution < 1.29 is 4.79 Å². The lowest BCUT2D eigenvalue weighted by Gasteiger charge is -2.25. The SMILES string of the molecule is CCN(CC)CCN(C(=O)c1ccccc1SC)c1nc2cc(C)c(C)cc2s1.Cl. The Morgan fingerprint density at radius 1 is 1.07 bits per heavy atom. The molecule has 30 heavy (non-hydrogen) atoms. The number of likely N-dealkylation sites (N-methyl/N-ethyl adjacent to an activating group) is 1. The van der Waals surface area contributed by atoms with Gasteiger partial charge < -0.3 is 4.90 Å². The fourth-order valence-corrected chi connectivity index (χ4v) is 4.98. The maximum Gasteiger partial charge on any atom is 0.261 e. The topological polar surface area (TPSA) is 36.4 Å². The molecule has 0 saturated carbocycles. The van der Waals surface area contributed by atoms with Gasteiger partial charge >= 0.3 is 0 Å².